The zero-order valence-electron chi connectivity index (χ0n) is 10.6. The van der Waals surface area contributed by atoms with Gasteiger partial charge in [-0.05, 0) is 31.2 Å². The Kier molecular flexibility index (Phi) is 2.59. The van der Waals surface area contributed by atoms with Gasteiger partial charge in [-0.3, -0.25) is 9.20 Å². The monoisotopic (exact) mass is 256 g/mol. The van der Waals surface area contributed by atoms with Gasteiger partial charge in [0.25, 0.3) is 5.56 Å². The van der Waals surface area contributed by atoms with Gasteiger partial charge in [-0.1, -0.05) is 6.07 Å². The highest BCUT2D eigenvalue weighted by Crippen LogP contribution is 2.09. The van der Waals surface area contributed by atoms with Gasteiger partial charge in [0.2, 0.25) is 5.82 Å². The summed E-state index contributed by atoms with van der Waals surface area (Å²) in [6, 6.07) is 5.47. The van der Waals surface area contributed by atoms with Gasteiger partial charge < -0.3 is 0 Å². The molecule has 3 aromatic heterocycles. The first-order valence-corrected chi connectivity index (χ1v) is 5.93. The number of nitrogens with zero attached hydrogens (tertiary/aromatic N) is 6. The Morgan fingerprint density at radius 2 is 2.11 bits per heavy atom. The second-order valence-electron chi connectivity index (χ2n) is 4.43. The predicted octanol–water partition coefficient (Wildman–Crippen LogP) is 0.929. The molecular weight excluding hydrogens is 244 g/mol. The van der Waals surface area contributed by atoms with Crippen molar-refractivity contribution in [2.24, 2.45) is 0 Å². The van der Waals surface area contributed by atoms with Crippen molar-refractivity contribution in [3.05, 3.63) is 40.9 Å². The maximum Gasteiger partial charge on any atom is 0.269 e. The summed E-state index contributed by atoms with van der Waals surface area (Å²) in [6.07, 6.45) is 3.15. The summed E-state index contributed by atoms with van der Waals surface area (Å²) >= 11 is 0. The first-order chi connectivity index (χ1) is 9.16. The van der Waals surface area contributed by atoms with Crippen LogP contribution in [0.1, 0.15) is 19.9 Å². The standard InChI is InChI=1S/C12H12N6O/c1-8(2)18-15-11(14-16-18)9-7-13-10-5-3-4-6-17(10)12(9)19/h3-8H,1-2H3. The molecule has 0 spiro atoms. The van der Waals surface area contributed by atoms with E-state index in [0.717, 1.165) is 0 Å². The van der Waals surface area contributed by atoms with Gasteiger partial charge >= 0.3 is 0 Å². The van der Waals surface area contributed by atoms with Crippen molar-refractivity contribution in [1.29, 1.82) is 0 Å². The lowest BCUT2D eigenvalue weighted by atomic mass is 10.3. The molecule has 0 saturated heterocycles. The molecule has 0 unspecified atom stereocenters. The van der Waals surface area contributed by atoms with E-state index in [1.54, 1.807) is 18.3 Å². The smallest absolute Gasteiger partial charge is 0.268 e. The molecule has 0 aliphatic heterocycles. The number of aromatic nitrogens is 6. The summed E-state index contributed by atoms with van der Waals surface area (Å²) < 4.78 is 1.46. The van der Waals surface area contributed by atoms with Crippen LogP contribution in [0.2, 0.25) is 0 Å². The summed E-state index contributed by atoms with van der Waals surface area (Å²) in [5.74, 6) is 0.296. The third-order valence-electron chi connectivity index (χ3n) is 2.74. The zero-order chi connectivity index (χ0) is 13.4. The molecule has 3 aromatic rings. The van der Waals surface area contributed by atoms with Crippen LogP contribution in [0.4, 0.5) is 0 Å². The molecule has 0 aliphatic carbocycles. The Balaban J connectivity index is 2.19. The lowest BCUT2D eigenvalue weighted by Gasteiger charge is -2.01. The minimum atomic E-state index is -0.200. The van der Waals surface area contributed by atoms with E-state index >= 15 is 0 Å². The highest BCUT2D eigenvalue weighted by molar-refractivity contribution is 5.53. The van der Waals surface area contributed by atoms with Gasteiger partial charge in [0.1, 0.15) is 11.2 Å². The fourth-order valence-corrected chi connectivity index (χ4v) is 1.73. The average molecular weight is 256 g/mol. The summed E-state index contributed by atoms with van der Waals surface area (Å²) in [4.78, 5) is 18.0. The van der Waals surface area contributed by atoms with Crippen LogP contribution in [0, 0.1) is 0 Å². The molecule has 0 fully saturated rings. The largest absolute Gasteiger partial charge is 0.269 e. The van der Waals surface area contributed by atoms with Crippen LogP contribution in [0.3, 0.4) is 0 Å². The molecule has 7 heteroatoms. The number of pyridine rings is 1. The first kappa shape index (κ1) is 11.5. The predicted molar refractivity (Wildman–Crippen MR) is 68.7 cm³/mol. The summed E-state index contributed by atoms with van der Waals surface area (Å²) in [7, 11) is 0. The van der Waals surface area contributed by atoms with E-state index in [1.165, 1.54) is 15.4 Å². The van der Waals surface area contributed by atoms with Crippen molar-refractivity contribution in [2.45, 2.75) is 19.9 Å². The van der Waals surface area contributed by atoms with Crippen molar-refractivity contribution < 1.29 is 0 Å². The van der Waals surface area contributed by atoms with Gasteiger partial charge in [-0.15, -0.1) is 10.2 Å². The van der Waals surface area contributed by atoms with Crippen LogP contribution >= 0.6 is 0 Å². The molecule has 0 N–H and O–H groups in total. The Bertz CT molecular complexity index is 788. The molecular formula is C12H12N6O. The Morgan fingerprint density at radius 3 is 2.84 bits per heavy atom. The van der Waals surface area contributed by atoms with Crippen molar-refractivity contribution in [3.63, 3.8) is 0 Å². The molecule has 0 amide bonds. The molecule has 7 nitrogen and oxygen atoms in total. The maximum atomic E-state index is 12.3. The molecule has 0 bridgehead atoms. The van der Waals surface area contributed by atoms with Crippen molar-refractivity contribution >= 4 is 5.65 Å². The van der Waals surface area contributed by atoms with Crippen LogP contribution in [-0.4, -0.2) is 29.6 Å². The number of hydrogen-bond donors (Lipinski definition) is 0. The van der Waals surface area contributed by atoms with Crippen molar-refractivity contribution in [2.75, 3.05) is 0 Å². The van der Waals surface area contributed by atoms with Crippen molar-refractivity contribution in [3.8, 4) is 11.4 Å². The molecule has 3 rings (SSSR count). The number of rotatable bonds is 2. The van der Waals surface area contributed by atoms with E-state index in [2.05, 4.69) is 20.4 Å². The topological polar surface area (TPSA) is 78.0 Å². The van der Waals surface area contributed by atoms with E-state index in [1.807, 2.05) is 19.9 Å². The van der Waals surface area contributed by atoms with Crippen LogP contribution in [0.15, 0.2) is 35.4 Å². The number of hydrogen-bond acceptors (Lipinski definition) is 5. The van der Waals surface area contributed by atoms with E-state index in [0.29, 0.717) is 17.0 Å². The van der Waals surface area contributed by atoms with Crippen molar-refractivity contribution in [1.82, 2.24) is 29.6 Å². The molecule has 0 radical (unpaired) electrons. The molecule has 0 aliphatic rings. The molecule has 0 aromatic carbocycles. The third kappa shape index (κ3) is 1.88. The number of fused-ring (bicyclic) bond motifs is 1. The van der Waals surface area contributed by atoms with E-state index in [4.69, 9.17) is 0 Å². The SMILES string of the molecule is CC(C)n1nnc(-c2cnc3ccccn3c2=O)n1. The van der Waals surface area contributed by atoms with Gasteiger partial charge in [-0.2, -0.15) is 4.80 Å². The minimum Gasteiger partial charge on any atom is -0.268 e. The third-order valence-corrected chi connectivity index (χ3v) is 2.74. The Hall–Kier alpha value is -2.57. The first-order valence-electron chi connectivity index (χ1n) is 5.93. The second kappa shape index (κ2) is 4.27. The lowest BCUT2D eigenvalue weighted by molar-refractivity contribution is 0.455. The van der Waals surface area contributed by atoms with E-state index in [-0.39, 0.29) is 11.6 Å². The Morgan fingerprint density at radius 1 is 1.26 bits per heavy atom. The number of tetrazole rings is 1. The zero-order valence-corrected chi connectivity index (χ0v) is 10.6. The summed E-state index contributed by atoms with van der Waals surface area (Å²) in [5, 5.41) is 12.0. The van der Waals surface area contributed by atoms with E-state index in [9.17, 15) is 4.79 Å². The highest BCUT2D eigenvalue weighted by atomic mass is 16.1. The summed E-state index contributed by atoms with van der Waals surface area (Å²) in [6.45, 7) is 3.88. The lowest BCUT2D eigenvalue weighted by Crippen LogP contribution is -2.17. The fraction of sp³-hybridized carbons (Fsp3) is 0.250. The van der Waals surface area contributed by atoms with Gasteiger partial charge in [-0.25, -0.2) is 4.98 Å². The van der Waals surface area contributed by atoms with Gasteiger partial charge in [0.15, 0.2) is 0 Å². The second-order valence-corrected chi connectivity index (χ2v) is 4.43. The highest BCUT2D eigenvalue weighted by Gasteiger charge is 2.13. The molecule has 0 atom stereocenters. The molecule has 19 heavy (non-hydrogen) atoms. The van der Waals surface area contributed by atoms with Crippen LogP contribution in [0.5, 0.6) is 0 Å². The molecule has 0 saturated carbocycles. The molecule has 3 heterocycles. The Labute approximate surface area is 108 Å². The quantitative estimate of drug-likeness (QED) is 0.681. The van der Waals surface area contributed by atoms with Crippen LogP contribution < -0.4 is 5.56 Å². The fourth-order valence-electron chi connectivity index (χ4n) is 1.73. The summed E-state index contributed by atoms with van der Waals surface area (Å²) in [5.41, 5.74) is 0.733. The normalized spacial score (nSPS) is 11.3. The van der Waals surface area contributed by atoms with Crippen LogP contribution in [0.25, 0.3) is 17.0 Å². The average Bonchev–Trinajstić information content (AvgIpc) is 2.89. The maximum absolute atomic E-state index is 12.3. The van der Waals surface area contributed by atoms with Gasteiger partial charge in [0, 0.05) is 12.4 Å². The van der Waals surface area contributed by atoms with Gasteiger partial charge in [0.05, 0.1) is 6.04 Å². The van der Waals surface area contributed by atoms with E-state index < -0.39 is 0 Å². The van der Waals surface area contributed by atoms with Crippen LogP contribution in [-0.2, 0) is 0 Å². The molecule has 96 valence electrons. The minimum absolute atomic E-state index is 0.0948.